The number of methoxy groups -OCH3 is 2. The van der Waals surface area contributed by atoms with Gasteiger partial charge >= 0.3 is 0 Å². The Bertz CT molecular complexity index is 1190. The van der Waals surface area contributed by atoms with Crippen molar-refractivity contribution < 1.29 is 28.7 Å². The number of amides is 4. The van der Waals surface area contributed by atoms with Crippen molar-refractivity contribution in [3.63, 3.8) is 0 Å². The SMILES string of the molecule is CCC(C)C(C(CC(=O)N1CCCC1C(OC)C(C)C(=O)NSCc1ccc(CN)cc1)OC)N(C)C(=O)CNC(=O)C(C(C)C)N(C)C. The first kappa shape index (κ1) is 42.5. The van der Waals surface area contributed by atoms with E-state index in [-0.39, 0.29) is 60.5 Å². The summed E-state index contributed by atoms with van der Waals surface area (Å²) in [6.45, 7) is 10.7. The standard InChI is InChI=1S/C36H62N6O6S/c1-11-24(4)33(41(8)31(44)21-38-36(46)32(23(2)3)40(6)7)29(47-9)19-30(43)42-18-12-13-28(42)34(48-10)25(5)35(45)39-49-22-27-16-14-26(20-37)15-17-27/h14-17,23-25,28-29,32-34H,11-13,18-22,37H2,1-10H3,(H,38,46)(H,39,45). The van der Waals surface area contributed by atoms with Crippen LogP contribution >= 0.6 is 11.9 Å². The van der Waals surface area contributed by atoms with E-state index < -0.39 is 24.2 Å². The smallest absolute Gasteiger partial charge is 0.242 e. The molecular formula is C36H62N6O6S. The zero-order valence-electron chi connectivity index (χ0n) is 31.4. The average Bonchev–Trinajstić information content (AvgIpc) is 3.56. The summed E-state index contributed by atoms with van der Waals surface area (Å²) in [5, 5.41) is 2.81. The van der Waals surface area contributed by atoms with Crippen LogP contribution in [-0.2, 0) is 40.9 Å². The predicted molar refractivity (Wildman–Crippen MR) is 195 cm³/mol. The number of nitrogens with two attached hydrogens (primary N) is 1. The highest BCUT2D eigenvalue weighted by Gasteiger charge is 2.42. The summed E-state index contributed by atoms with van der Waals surface area (Å²) < 4.78 is 14.8. The molecule has 0 spiro atoms. The number of nitrogens with one attached hydrogen (secondary N) is 2. The molecule has 12 nitrogen and oxygen atoms in total. The molecule has 1 heterocycles. The lowest BCUT2D eigenvalue weighted by molar-refractivity contribution is -0.145. The number of likely N-dealkylation sites (tertiary alicyclic amines) is 1. The number of likely N-dealkylation sites (N-methyl/N-ethyl adjacent to an activating group) is 2. The molecule has 1 aromatic carbocycles. The summed E-state index contributed by atoms with van der Waals surface area (Å²) in [6, 6.07) is 6.95. The Morgan fingerprint density at radius 3 is 2.16 bits per heavy atom. The van der Waals surface area contributed by atoms with Gasteiger partial charge < -0.3 is 30.3 Å². The van der Waals surface area contributed by atoms with Gasteiger partial charge in [-0.2, -0.15) is 0 Å². The molecule has 0 aliphatic carbocycles. The van der Waals surface area contributed by atoms with Crippen molar-refractivity contribution in [1.29, 1.82) is 0 Å². The van der Waals surface area contributed by atoms with Crippen molar-refractivity contribution in [2.75, 3.05) is 48.5 Å². The molecule has 49 heavy (non-hydrogen) atoms. The van der Waals surface area contributed by atoms with E-state index in [1.165, 1.54) is 11.9 Å². The molecule has 0 radical (unpaired) electrons. The summed E-state index contributed by atoms with van der Waals surface area (Å²) in [5.74, 6) is -0.496. The Hall–Kier alpha value is -2.71. The quantitative estimate of drug-likeness (QED) is 0.174. The highest BCUT2D eigenvalue weighted by molar-refractivity contribution is 7.97. The van der Waals surface area contributed by atoms with Crippen LogP contribution in [0.3, 0.4) is 0 Å². The van der Waals surface area contributed by atoms with Gasteiger partial charge in [-0.05, 0) is 61.8 Å². The van der Waals surface area contributed by atoms with E-state index in [9.17, 15) is 19.2 Å². The highest BCUT2D eigenvalue weighted by Crippen LogP contribution is 2.29. The predicted octanol–water partition coefficient (Wildman–Crippen LogP) is 3.03. The van der Waals surface area contributed by atoms with Crippen LogP contribution in [0.1, 0.15) is 71.4 Å². The van der Waals surface area contributed by atoms with Gasteiger partial charge in [-0.15, -0.1) is 0 Å². The lowest BCUT2D eigenvalue weighted by Gasteiger charge is -2.39. The van der Waals surface area contributed by atoms with E-state index in [2.05, 4.69) is 10.0 Å². The van der Waals surface area contributed by atoms with Gasteiger partial charge in [-0.3, -0.25) is 28.8 Å². The largest absolute Gasteiger partial charge is 0.379 e. The van der Waals surface area contributed by atoms with Gasteiger partial charge in [-0.1, -0.05) is 65.3 Å². The van der Waals surface area contributed by atoms with E-state index >= 15 is 0 Å². The molecule has 7 atom stereocenters. The molecule has 13 heteroatoms. The van der Waals surface area contributed by atoms with Crippen molar-refractivity contribution in [3.05, 3.63) is 35.4 Å². The first-order valence-corrected chi connectivity index (χ1v) is 18.4. The molecule has 7 unspecified atom stereocenters. The fourth-order valence-corrected chi connectivity index (χ4v) is 7.67. The summed E-state index contributed by atoms with van der Waals surface area (Å²) in [7, 11) is 8.54. The summed E-state index contributed by atoms with van der Waals surface area (Å²) in [5.41, 5.74) is 7.82. The molecular weight excluding hydrogens is 644 g/mol. The number of benzene rings is 1. The Balaban J connectivity index is 2.09. The number of hydrogen-bond donors (Lipinski definition) is 3. The number of carbonyl (C=O) groups excluding carboxylic acids is 4. The van der Waals surface area contributed by atoms with Crippen molar-refractivity contribution in [3.8, 4) is 0 Å². The molecule has 1 aromatic rings. The average molecular weight is 707 g/mol. The minimum absolute atomic E-state index is 0.0218. The van der Waals surface area contributed by atoms with E-state index in [4.69, 9.17) is 15.2 Å². The van der Waals surface area contributed by atoms with Crippen LogP contribution in [0.4, 0.5) is 0 Å². The number of hydrogen-bond acceptors (Lipinski definition) is 9. The van der Waals surface area contributed by atoms with Gasteiger partial charge in [-0.25, -0.2) is 0 Å². The second-order valence-corrected chi connectivity index (χ2v) is 14.6. The van der Waals surface area contributed by atoms with Crippen molar-refractivity contribution >= 4 is 35.6 Å². The molecule has 278 valence electrons. The number of rotatable bonds is 20. The van der Waals surface area contributed by atoms with Crippen LogP contribution in [-0.4, -0.2) is 117 Å². The second kappa shape index (κ2) is 20.8. The van der Waals surface area contributed by atoms with Crippen LogP contribution in [0.2, 0.25) is 0 Å². The van der Waals surface area contributed by atoms with Gasteiger partial charge in [0, 0.05) is 40.1 Å². The van der Waals surface area contributed by atoms with Crippen LogP contribution in [0.15, 0.2) is 24.3 Å². The maximum absolute atomic E-state index is 14.0. The Morgan fingerprint density at radius 2 is 1.63 bits per heavy atom. The summed E-state index contributed by atoms with van der Waals surface area (Å²) >= 11 is 1.33. The molecule has 0 bridgehead atoms. The molecule has 1 aliphatic heterocycles. The van der Waals surface area contributed by atoms with Crippen LogP contribution in [0, 0.1) is 17.8 Å². The zero-order valence-corrected chi connectivity index (χ0v) is 32.2. The lowest BCUT2D eigenvalue weighted by Crippen LogP contribution is -2.55. The number of ether oxygens (including phenoxy) is 2. The topological polar surface area (TPSA) is 147 Å². The van der Waals surface area contributed by atoms with Gasteiger partial charge in [0.05, 0.1) is 49.2 Å². The van der Waals surface area contributed by atoms with E-state index in [1.807, 2.05) is 82.8 Å². The maximum Gasteiger partial charge on any atom is 0.242 e. The van der Waals surface area contributed by atoms with E-state index in [0.717, 1.165) is 30.4 Å². The minimum atomic E-state index is -0.574. The third-order valence-electron chi connectivity index (χ3n) is 9.84. The molecule has 0 aromatic heterocycles. The number of nitrogens with zero attached hydrogens (tertiary/aromatic N) is 3. The third kappa shape index (κ3) is 11.9. The fourth-order valence-electron chi connectivity index (χ4n) is 6.91. The van der Waals surface area contributed by atoms with Gasteiger partial charge in [0.25, 0.3) is 0 Å². The van der Waals surface area contributed by atoms with Gasteiger partial charge in [0.1, 0.15) is 0 Å². The minimum Gasteiger partial charge on any atom is -0.379 e. The van der Waals surface area contributed by atoms with Crippen LogP contribution in [0.25, 0.3) is 0 Å². The Kier molecular flexibility index (Phi) is 18.1. The van der Waals surface area contributed by atoms with E-state index in [1.54, 1.807) is 26.2 Å². The molecule has 0 saturated carbocycles. The third-order valence-corrected chi connectivity index (χ3v) is 10.7. The monoisotopic (exact) mass is 706 g/mol. The Labute approximate surface area is 298 Å². The van der Waals surface area contributed by atoms with Crippen molar-refractivity contribution in [1.82, 2.24) is 24.7 Å². The normalized spacial score (nSPS) is 18.5. The molecule has 1 saturated heterocycles. The first-order valence-electron chi connectivity index (χ1n) is 17.5. The van der Waals surface area contributed by atoms with E-state index in [0.29, 0.717) is 18.8 Å². The summed E-state index contributed by atoms with van der Waals surface area (Å²) in [4.78, 5) is 58.8. The summed E-state index contributed by atoms with van der Waals surface area (Å²) in [6.07, 6.45) is 1.28. The maximum atomic E-state index is 14.0. The van der Waals surface area contributed by atoms with Crippen molar-refractivity contribution in [2.45, 2.75) is 103 Å². The second-order valence-electron chi connectivity index (χ2n) is 13.8. The zero-order chi connectivity index (χ0) is 36.8. The lowest BCUT2D eigenvalue weighted by atomic mass is 9.90. The van der Waals surface area contributed by atoms with Crippen LogP contribution < -0.4 is 15.8 Å². The first-order chi connectivity index (χ1) is 23.2. The fraction of sp³-hybridized carbons (Fsp3) is 0.722. The van der Waals surface area contributed by atoms with Crippen LogP contribution in [0.5, 0.6) is 0 Å². The van der Waals surface area contributed by atoms with Gasteiger partial charge in [0.2, 0.25) is 23.6 Å². The highest BCUT2D eigenvalue weighted by atomic mass is 32.2. The molecule has 2 rings (SSSR count). The molecule has 1 aliphatic rings. The molecule has 4 N–H and O–H groups in total. The van der Waals surface area contributed by atoms with Gasteiger partial charge in [0.15, 0.2) is 0 Å². The molecule has 1 fully saturated rings. The van der Waals surface area contributed by atoms with Crippen molar-refractivity contribution in [2.24, 2.45) is 23.5 Å². The Morgan fingerprint density at radius 1 is 1.00 bits per heavy atom. The molecule has 4 amide bonds. The number of carbonyl (C=O) groups is 4.